The van der Waals surface area contributed by atoms with Crippen molar-refractivity contribution in [3.8, 4) is 0 Å². The summed E-state index contributed by atoms with van der Waals surface area (Å²) in [7, 11) is 0. The van der Waals surface area contributed by atoms with Crippen molar-refractivity contribution >= 4 is 6.29 Å². The lowest BCUT2D eigenvalue weighted by Crippen LogP contribution is -2.08. The molecule has 16 heavy (non-hydrogen) atoms. The lowest BCUT2D eigenvalue weighted by Gasteiger charge is -2.15. The highest BCUT2D eigenvalue weighted by molar-refractivity contribution is 5.72. The molecule has 1 heteroatoms. The topological polar surface area (TPSA) is 17.1 Å². The van der Waals surface area contributed by atoms with Crippen molar-refractivity contribution in [3.05, 3.63) is 11.6 Å². The summed E-state index contributed by atoms with van der Waals surface area (Å²) >= 11 is 0. The molecule has 2 saturated carbocycles. The van der Waals surface area contributed by atoms with Crippen molar-refractivity contribution < 1.29 is 4.79 Å². The molecule has 3 atom stereocenters. The quantitative estimate of drug-likeness (QED) is 0.506. The Balaban J connectivity index is 1.91. The molecule has 1 nitrogen and oxygen atoms in total. The van der Waals surface area contributed by atoms with Crippen LogP contribution in [-0.2, 0) is 4.79 Å². The molecule has 0 aromatic rings. The van der Waals surface area contributed by atoms with Crippen LogP contribution < -0.4 is 0 Å². The molecule has 0 amide bonds. The summed E-state index contributed by atoms with van der Waals surface area (Å²) in [4.78, 5) is 10.7. The molecule has 90 valence electrons. The fourth-order valence-electron chi connectivity index (χ4n) is 3.74. The highest BCUT2D eigenvalue weighted by atomic mass is 16.1. The lowest BCUT2D eigenvalue weighted by molar-refractivity contribution is -0.105. The second kappa shape index (κ2) is 4.35. The zero-order chi connectivity index (χ0) is 11.8. The van der Waals surface area contributed by atoms with Gasteiger partial charge in [-0.3, -0.25) is 4.79 Å². The lowest BCUT2D eigenvalue weighted by atomic mass is 9.90. The minimum atomic E-state index is 0.700. The summed E-state index contributed by atoms with van der Waals surface area (Å²) in [5.41, 5.74) is 1.69. The van der Waals surface area contributed by atoms with Gasteiger partial charge in [0.05, 0.1) is 0 Å². The smallest absolute Gasteiger partial charge is 0.145 e. The van der Waals surface area contributed by atoms with Gasteiger partial charge < -0.3 is 0 Å². The number of carbonyl (C=O) groups excluding carboxylic acids is 1. The molecule has 2 rings (SSSR count). The molecule has 2 aliphatic rings. The zero-order valence-corrected chi connectivity index (χ0v) is 10.8. The molecule has 0 bridgehead atoms. The van der Waals surface area contributed by atoms with Crippen LogP contribution in [0.1, 0.15) is 52.9 Å². The van der Waals surface area contributed by atoms with Gasteiger partial charge in [0.25, 0.3) is 0 Å². The standard InChI is InChI=1S/C15H24O/c1-4-12(10-16)5-6-13-7-8-15(11(2)3)9-14(13)15/h5,10-11,13-14H,4,6-9H2,1-3H3. The molecule has 0 aromatic heterocycles. The van der Waals surface area contributed by atoms with Crippen molar-refractivity contribution in [2.75, 3.05) is 0 Å². The fraction of sp³-hybridized carbons (Fsp3) is 0.800. The molecule has 0 aliphatic heterocycles. The van der Waals surface area contributed by atoms with Gasteiger partial charge in [0.15, 0.2) is 0 Å². The normalized spacial score (nSPS) is 37.6. The van der Waals surface area contributed by atoms with Crippen LogP contribution >= 0.6 is 0 Å². The Morgan fingerprint density at radius 3 is 2.69 bits per heavy atom. The molecule has 3 unspecified atom stereocenters. The van der Waals surface area contributed by atoms with Gasteiger partial charge >= 0.3 is 0 Å². The maximum Gasteiger partial charge on any atom is 0.145 e. The van der Waals surface area contributed by atoms with Gasteiger partial charge in [-0.25, -0.2) is 0 Å². The SMILES string of the molecule is CCC(C=O)=CCC1CCC2(C(C)C)CC12. The second-order valence-corrected chi connectivity index (χ2v) is 5.98. The summed E-state index contributed by atoms with van der Waals surface area (Å²) < 4.78 is 0. The Morgan fingerprint density at radius 1 is 1.50 bits per heavy atom. The van der Waals surface area contributed by atoms with Crippen molar-refractivity contribution in [2.24, 2.45) is 23.2 Å². The molecule has 0 aromatic carbocycles. The van der Waals surface area contributed by atoms with E-state index in [-0.39, 0.29) is 0 Å². The Labute approximate surface area is 99.3 Å². The third kappa shape index (κ3) is 1.85. The first-order chi connectivity index (χ1) is 7.64. The summed E-state index contributed by atoms with van der Waals surface area (Å²) in [6.07, 6.45) is 9.50. The predicted molar refractivity (Wildman–Crippen MR) is 67.2 cm³/mol. The summed E-state index contributed by atoms with van der Waals surface area (Å²) in [5, 5.41) is 0. The van der Waals surface area contributed by atoms with Crippen molar-refractivity contribution in [2.45, 2.75) is 52.9 Å². The zero-order valence-electron chi connectivity index (χ0n) is 10.8. The molecule has 0 N–H and O–H groups in total. The van der Waals surface area contributed by atoms with E-state index in [0.29, 0.717) is 5.41 Å². The van der Waals surface area contributed by atoms with Gasteiger partial charge in [-0.15, -0.1) is 0 Å². The van der Waals surface area contributed by atoms with E-state index in [4.69, 9.17) is 0 Å². The van der Waals surface area contributed by atoms with E-state index < -0.39 is 0 Å². The Kier molecular flexibility index (Phi) is 3.23. The van der Waals surface area contributed by atoms with E-state index in [9.17, 15) is 4.79 Å². The van der Waals surface area contributed by atoms with Crippen LogP contribution in [0, 0.1) is 23.2 Å². The monoisotopic (exact) mass is 220 g/mol. The van der Waals surface area contributed by atoms with E-state index >= 15 is 0 Å². The number of fused-ring (bicyclic) bond motifs is 1. The van der Waals surface area contributed by atoms with E-state index in [1.807, 2.05) is 0 Å². The molecular weight excluding hydrogens is 196 g/mol. The second-order valence-electron chi connectivity index (χ2n) is 5.98. The molecular formula is C15H24O. The summed E-state index contributed by atoms with van der Waals surface area (Å²) in [6.45, 7) is 6.81. The fourth-order valence-corrected chi connectivity index (χ4v) is 3.74. The highest BCUT2D eigenvalue weighted by Gasteiger charge is 2.61. The van der Waals surface area contributed by atoms with Crippen LogP contribution in [-0.4, -0.2) is 6.29 Å². The van der Waals surface area contributed by atoms with Crippen molar-refractivity contribution in [1.82, 2.24) is 0 Å². The molecule has 0 saturated heterocycles. The first-order valence-corrected chi connectivity index (χ1v) is 6.78. The maximum atomic E-state index is 10.7. The third-order valence-electron chi connectivity index (χ3n) is 5.12. The van der Waals surface area contributed by atoms with Gasteiger partial charge in [0.2, 0.25) is 0 Å². The van der Waals surface area contributed by atoms with Gasteiger partial charge in [-0.05, 0) is 60.8 Å². The van der Waals surface area contributed by atoms with Crippen LogP contribution in [0.15, 0.2) is 11.6 Å². The summed E-state index contributed by atoms with van der Waals surface area (Å²) in [5.74, 6) is 2.68. The molecule has 0 heterocycles. The molecule has 0 spiro atoms. The van der Waals surface area contributed by atoms with Crippen LogP contribution in [0.25, 0.3) is 0 Å². The predicted octanol–water partition coefficient (Wildman–Crippen LogP) is 3.98. The van der Waals surface area contributed by atoms with Crippen LogP contribution in [0.2, 0.25) is 0 Å². The average molecular weight is 220 g/mol. The van der Waals surface area contributed by atoms with Crippen LogP contribution in [0.3, 0.4) is 0 Å². The van der Waals surface area contributed by atoms with E-state index in [1.54, 1.807) is 0 Å². The largest absolute Gasteiger partial charge is 0.298 e. The maximum absolute atomic E-state index is 10.7. The Morgan fingerprint density at radius 2 is 2.25 bits per heavy atom. The van der Waals surface area contributed by atoms with E-state index in [2.05, 4.69) is 26.8 Å². The molecule has 2 fully saturated rings. The summed E-state index contributed by atoms with van der Waals surface area (Å²) in [6, 6.07) is 0. The number of hydrogen-bond acceptors (Lipinski definition) is 1. The number of carbonyl (C=O) groups is 1. The minimum absolute atomic E-state index is 0.700. The Bertz CT molecular complexity index is 303. The van der Waals surface area contributed by atoms with Crippen LogP contribution in [0.5, 0.6) is 0 Å². The third-order valence-corrected chi connectivity index (χ3v) is 5.12. The first kappa shape index (κ1) is 11.9. The van der Waals surface area contributed by atoms with Crippen molar-refractivity contribution in [1.29, 1.82) is 0 Å². The number of rotatable bonds is 5. The number of hydrogen-bond donors (Lipinski definition) is 0. The minimum Gasteiger partial charge on any atom is -0.298 e. The van der Waals surface area contributed by atoms with Gasteiger partial charge in [0, 0.05) is 0 Å². The number of allylic oxidation sites excluding steroid dienone is 2. The van der Waals surface area contributed by atoms with E-state index in [0.717, 1.165) is 42.5 Å². The average Bonchev–Trinajstić information content (AvgIpc) is 2.92. The Hall–Kier alpha value is -0.590. The molecule has 2 aliphatic carbocycles. The van der Waals surface area contributed by atoms with Gasteiger partial charge in [0.1, 0.15) is 6.29 Å². The highest BCUT2D eigenvalue weighted by Crippen LogP contribution is 2.70. The number of aldehydes is 1. The van der Waals surface area contributed by atoms with Gasteiger partial charge in [-0.1, -0.05) is 26.8 Å². The van der Waals surface area contributed by atoms with Crippen molar-refractivity contribution in [3.63, 3.8) is 0 Å². The van der Waals surface area contributed by atoms with Gasteiger partial charge in [-0.2, -0.15) is 0 Å². The van der Waals surface area contributed by atoms with E-state index in [1.165, 1.54) is 19.3 Å². The van der Waals surface area contributed by atoms with Crippen LogP contribution in [0.4, 0.5) is 0 Å². The first-order valence-electron chi connectivity index (χ1n) is 6.78. The molecule has 0 radical (unpaired) electrons.